The summed E-state index contributed by atoms with van der Waals surface area (Å²) in [7, 11) is 0. The summed E-state index contributed by atoms with van der Waals surface area (Å²) in [5.41, 5.74) is -1.19. The van der Waals surface area contributed by atoms with Crippen LogP contribution >= 0.6 is 31.9 Å². The molecule has 0 aromatic heterocycles. The summed E-state index contributed by atoms with van der Waals surface area (Å²) < 4.78 is 5.95. The van der Waals surface area contributed by atoms with Crippen molar-refractivity contribution in [1.82, 2.24) is 0 Å². The third-order valence-electron chi connectivity index (χ3n) is 7.91. The summed E-state index contributed by atoms with van der Waals surface area (Å²) in [5, 5.41) is 11.4. The lowest BCUT2D eigenvalue weighted by Gasteiger charge is -2.48. The Balaban J connectivity index is 1.60. The first kappa shape index (κ1) is 18.7. The lowest BCUT2D eigenvalue weighted by Crippen LogP contribution is -2.51. The minimum Gasteiger partial charge on any atom is -0.459 e. The molecular weight excluding hydrogens is 448 g/mol. The molecule has 5 heteroatoms. The van der Waals surface area contributed by atoms with Crippen LogP contribution in [0.3, 0.4) is 0 Å². The smallest absolute Gasteiger partial charge is 0.314 e. The van der Waals surface area contributed by atoms with Crippen molar-refractivity contribution in [1.29, 1.82) is 0 Å². The Labute approximate surface area is 167 Å². The summed E-state index contributed by atoms with van der Waals surface area (Å²) in [4.78, 5) is 13.5. The van der Waals surface area contributed by atoms with E-state index in [1.807, 2.05) is 0 Å². The average molecular weight is 478 g/mol. The van der Waals surface area contributed by atoms with E-state index in [-0.39, 0.29) is 33.1 Å². The second-order valence-corrected chi connectivity index (χ2v) is 12.3. The summed E-state index contributed by atoms with van der Waals surface area (Å²) in [6.07, 6.45) is 7.40. The van der Waals surface area contributed by atoms with E-state index < -0.39 is 5.60 Å². The molecule has 0 aromatic carbocycles. The van der Waals surface area contributed by atoms with Gasteiger partial charge < -0.3 is 9.84 Å². The lowest BCUT2D eigenvalue weighted by atomic mass is 9.59. The highest BCUT2D eigenvalue weighted by Crippen LogP contribution is 2.67. The van der Waals surface area contributed by atoms with E-state index in [1.165, 1.54) is 0 Å². The summed E-state index contributed by atoms with van der Waals surface area (Å²) >= 11 is 7.63. The van der Waals surface area contributed by atoms with E-state index in [0.717, 1.165) is 51.4 Å². The normalized spacial score (nSPS) is 54.2. The van der Waals surface area contributed by atoms with Gasteiger partial charge in [-0.05, 0) is 69.6 Å². The first-order valence-electron chi connectivity index (χ1n) is 9.76. The van der Waals surface area contributed by atoms with Crippen molar-refractivity contribution in [3.8, 4) is 0 Å². The van der Waals surface area contributed by atoms with Gasteiger partial charge in [0.05, 0.1) is 11.0 Å². The van der Waals surface area contributed by atoms with Gasteiger partial charge in [-0.1, -0.05) is 45.7 Å². The van der Waals surface area contributed by atoms with Crippen LogP contribution in [0, 0.1) is 22.7 Å². The monoisotopic (exact) mass is 476 g/mol. The first-order valence-corrected chi connectivity index (χ1v) is 11.6. The molecule has 4 fully saturated rings. The standard InChI is InChI=1S/C20H30Br2O3/c1-17(2)11-19(24,8-6-13(17)21)10-12-4-9-20-14(22)5-7-18(3,15(12)20)25-16(20)23/h12-15,24H,4-11H2,1-3H3/t12?,13?,14?,15-,18+,19?,20?/m1/s1. The van der Waals surface area contributed by atoms with E-state index in [1.54, 1.807) is 0 Å². The Morgan fingerprint density at radius 1 is 1.08 bits per heavy atom. The molecule has 0 amide bonds. The minimum absolute atomic E-state index is 0.0124. The molecule has 3 saturated carbocycles. The number of esters is 1. The Kier molecular flexibility index (Phi) is 4.27. The van der Waals surface area contributed by atoms with Gasteiger partial charge in [0, 0.05) is 15.6 Å². The fourth-order valence-corrected chi connectivity index (χ4v) is 8.20. The van der Waals surface area contributed by atoms with Crippen LogP contribution in [-0.4, -0.2) is 31.9 Å². The van der Waals surface area contributed by atoms with Crippen molar-refractivity contribution in [2.45, 2.75) is 93.0 Å². The van der Waals surface area contributed by atoms with E-state index in [0.29, 0.717) is 10.7 Å². The Hall–Kier alpha value is 0.390. The van der Waals surface area contributed by atoms with Gasteiger partial charge in [0.1, 0.15) is 5.60 Å². The van der Waals surface area contributed by atoms with Crippen LogP contribution in [0.25, 0.3) is 0 Å². The van der Waals surface area contributed by atoms with Crippen LogP contribution < -0.4 is 0 Å². The van der Waals surface area contributed by atoms with Crippen LogP contribution in [-0.2, 0) is 9.53 Å². The highest BCUT2D eigenvalue weighted by Gasteiger charge is 2.72. The van der Waals surface area contributed by atoms with Crippen molar-refractivity contribution in [2.75, 3.05) is 0 Å². The number of hydrogen-bond donors (Lipinski definition) is 1. The number of halogens is 2. The van der Waals surface area contributed by atoms with Crippen LogP contribution in [0.5, 0.6) is 0 Å². The Morgan fingerprint density at radius 3 is 2.44 bits per heavy atom. The number of carbonyl (C=O) groups is 1. The molecule has 142 valence electrons. The van der Waals surface area contributed by atoms with Gasteiger partial charge in [-0.15, -0.1) is 0 Å². The van der Waals surface area contributed by atoms with Crippen molar-refractivity contribution in [3.05, 3.63) is 0 Å². The summed E-state index contributed by atoms with van der Waals surface area (Å²) in [6, 6.07) is 0. The third kappa shape index (κ3) is 2.61. The molecule has 3 nitrogen and oxygen atoms in total. The predicted molar refractivity (Wildman–Crippen MR) is 105 cm³/mol. The van der Waals surface area contributed by atoms with Crippen molar-refractivity contribution < 1.29 is 14.6 Å². The lowest BCUT2D eigenvalue weighted by molar-refractivity contribution is -0.152. The molecule has 1 N–H and O–H groups in total. The molecule has 4 rings (SSSR count). The number of alkyl halides is 2. The topological polar surface area (TPSA) is 46.5 Å². The highest BCUT2D eigenvalue weighted by molar-refractivity contribution is 9.09. The number of aliphatic hydroxyl groups is 1. The number of carbonyl (C=O) groups excluding carboxylic acids is 1. The predicted octanol–water partition coefficient (Wildman–Crippen LogP) is 4.97. The summed E-state index contributed by atoms with van der Waals surface area (Å²) in [5.74, 6) is 0.641. The van der Waals surface area contributed by atoms with Crippen molar-refractivity contribution >= 4 is 37.8 Å². The van der Waals surface area contributed by atoms with Crippen LogP contribution in [0.4, 0.5) is 0 Å². The minimum atomic E-state index is -0.609. The van der Waals surface area contributed by atoms with E-state index >= 15 is 0 Å². The molecule has 1 saturated heterocycles. The van der Waals surface area contributed by atoms with Gasteiger partial charge in [-0.3, -0.25) is 4.79 Å². The average Bonchev–Trinajstić information content (AvgIpc) is 2.96. The zero-order chi connectivity index (χ0) is 18.3. The van der Waals surface area contributed by atoms with Crippen molar-refractivity contribution in [2.24, 2.45) is 22.7 Å². The van der Waals surface area contributed by atoms with E-state index in [9.17, 15) is 9.90 Å². The Morgan fingerprint density at radius 2 is 1.76 bits per heavy atom. The van der Waals surface area contributed by atoms with Crippen LogP contribution in [0.2, 0.25) is 0 Å². The quantitative estimate of drug-likeness (QED) is 0.451. The van der Waals surface area contributed by atoms with Crippen LogP contribution in [0.1, 0.15) is 72.1 Å². The molecular formula is C20H30Br2O3. The second-order valence-electron chi connectivity index (χ2n) is 10.1. The number of rotatable bonds is 2. The second kappa shape index (κ2) is 5.70. The molecule has 2 bridgehead atoms. The molecule has 4 aliphatic rings. The molecule has 5 unspecified atom stereocenters. The third-order valence-corrected chi connectivity index (χ3v) is 10.9. The molecule has 0 radical (unpaired) electrons. The fourth-order valence-electron chi connectivity index (χ4n) is 6.88. The molecule has 7 atom stereocenters. The number of ether oxygens (including phenoxy) is 1. The van der Waals surface area contributed by atoms with Gasteiger partial charge in [0.25, 0.3) is 0 Å². The van der Waals surface area contributed by atoms with Gasteiger partial charge in [0.15, 0.2) is 0 Å². The maximum Gasteiger partial charge on any atom is 0.314 e. The summed E-state index contributed by atoms with van der Waals surface area (Å²) in [6.45, 7) is 6.64. The number of hydrogen-bond acceptors (Lipinski definition) is 3. The molecule has 0 aromatic rings. The molecule has 0 spiro atoms. The van der Waals surface area contributed by atoms with Gasteiger partial charge in [-0.25, -0.2) is 0 Å². The largest absolute Gasteiger partial charge is 0.459 e. The SMILES string of the molecule is CC1(C)CC(O)(CC2CCC34C(=O)O[C@@](C)(CCC3Br)[C@@H]24)CCC1Br. The van der Waals surface area contributed by atoms with Gasteiger partial charge in [-0.2, -0.15) is 0 Å². The van der Waals surface area contributed by atoms with Gasteiger partial charge >= 0.3 is 5.97 Å². The fraction of sp³-hybridized carbons (Fsp3) is 0.950. The maximum atomic E-state index is 12.8. The molecule has 3 aliphatic carbocycles. The van der Waals surface area contributed by atoms with Gasteiger partial charge in [0.2, 0.25) is 0 Å². The van der Waals surface area contributed by atoms with Crippen molar-refractivity contribution in [3.63, 3.8) is 0 Å². The molecule has 1 heterocycles. The maximum absolute atomic E-state index is 12.8. The first-order chi connectivity index (χ1) is 11.5. The van der Waals surface area contributed by atoms with E-state index in [4.69, 9.17) is 4.74 Å². The highest BCUT2D eigenvalue weighted by atomic mass is 79.9. The zero-order valence-corrected chi connectivity index (χ0v) is 18.7. The molecule has 1 aliphatic heterocycles. The zero-order valence-electron chi connectivity index (χ0n) is 15.5. The van der Waals surface area contributed by atoms with E-state index in [2.05, 4.69) is 52.6 Å². The Bertz CT molecular complexity index is 593. The van der Waals surface area contributed by atoms with Crippen LogP contribution in [0.15, 0.2) is 0 Å². The molecule has 25 heavy (non-hydrogen) atoms.